The first-order chi connectivity index (χ1) is 21.1. The minimum Gasteiger partial charge on any atom is -0.269 e. The molecule has 0 aliphatic rings. The van der Waals surface area contributed by atoms with E-state index in [-0.39, 0.29) is 77.2 Å². The molecule has 6 unspecified atom stereocenters. The van der Waals surface area contributed by atoms with Crippen molar-refractivity contribution in [3.63, 3.8) is 0 Å². The van der Waals surface area contributed by atoms with E-state index in [1.165, 1.54) is 6.92 Å². The van der Waals surface area contributed by atoms with Crippen LogP contribution in [0.3, 0.4) is 0 Å². The summed E-state index contributed by atoms with van der Waals surface area (Å²) >= 11 is 4.44. The van der Waals surface area contributed by atoms with Crippen molar-refractivity contribution < 1.29 is 139 Å². The van der Waals surface area contributed by atoms with E-state index in [4.69, 9.17) is 2.56 Å². The molecule has 0 aromatic heterocycles. The first-order valence-corrected chi connectivity index (χ1v) is 13.1. The van der Waals surface area contributed by atoms with Gasteiger partial charge in [-0.3, -0.25) is 9.41 Å². The molecule has 0 nitrogen and oxygen atoms in total. The molecule has 0 spiro atoms. The Hall–Kier alpha value is 1.14. The average molecular weight is 1000 g/mol. The van der Waals surface area contributed by atoms with Gasteiger partial charge in [0.2, 0.25) is 5.92 Å². The van der Waals surface area contributed by atoms with Gasteiger partial charge in [-0.05, 0) is 20.8 Å². The van der Waals surface area contributed by atoms with Crippen LogP contribution in [0.5, 0.6) is 0 Å². The molecule has 0 saturated heterocycles. The number of alkyl halides is 21. The topological polar surface area (TPSA) is 0 Å². The molecule has 0 N–H and O–H groups in total. The smallest absolute Gasteiger partial charge is 0.269 e. The van der Waals surface area contributed by atoms with E-state index >= 15 is 0 Å². The number of hydrogen-bond donors (Lipinski definition) is 0. The van der Waals surface area contributed by atoms with E-state index in [2.05, 4.69) is 11.6 Å². The number of rotatable bonds is 10. The summed E-state index contributed by atoms with van der Waals surface area (Å²) in [6.07, 6.45) is -12.7. The molecular formula is C24H47ClF23P3V2. The Balaban J connectivity index is -0.0000000427. The predicted octanol–water partition coefficient (Wildman–Crippen LogP) is 14.4. The van der Waals surface area contributed by atoms with Gasteiger partial charge in [0, 0.05) is 69.7 Å². The van der Waals surface area contributed by atoms with Gasteiger partial charge >= 0.3 is 40.9 Å². The van der Waals surface area contributed by atoms with Crippen LogP contribution >= 0.6 is 40.8 Å². The van der Waals surface area contributed by atoms with Crippen molar-refractivity contribution in [2.24, 2.45) is 0 Å². The third-order valence-corrected chi connectivity index (χ3v) is 6.14. The van der Waals surface area contributed by atoms with Crippen molar-refractivity contribution in [2.75, 3.05) is 0 Å². The monoisotopic (exact) mass is 1000 g/mol. The molecule has 2 radical (unpaired) electrons. The van der Waals surface area contributed by atoms with Crippen molar-refractivity contribution in [2.45, 2.75) is 153 Å². The second-order valence-electron chi connectivity index (χ2n) is 9.37. The first kappa shape index (κ1) is 78.5. The van der Waals surface area contributed by atoms with E-state index in [0.717, 1.165) is 20.8 Å². The maximum absolute atomic E-state index is 12.7. The fourth-order valence-electron chi connectivity index (χ4n) is 1.81. The van der Waals surface area contributed by atoms with E-state index in [1.807, 2.05) is 0 Å². The van der Waals surface area contributed by atoms with Crippen molar-refractivity contribution in [3.8, 4) is 0 Å². The predicted molar refractivity (Wildman–Crippen MR) is 168 cm³/mol. The second kappa shape index (κ2) is 31.1. The Kier molecular flexibility index (Phi) is 46.1. The molecule has 0 heterocycles. The molecule has 0 amide bonds. The van der Waals surface area contributed by atoms with Gasteiger partial charge in [0.25, 0.3) is 11.6 Å². The molecule has 0 bridgehead atoms. The maximum Gasteiger partial charge on any atom is 0.428 e. The summed E-state index contributed by atoms with van der Waals surface area (Å²) in [4.78, 5) is 0. The van der Waals surface area contributed by atoms with Crippen molar-refractivity contribution >= 4 is 40.8 Å². The summed E-state index contributed by atoms with van der Waals surface area (Å²) in [5.41, 5.74) is -5.26. The summed E-state index contributed by atoms with van der Waals surface area (Å²) in [5.74, 6) is -30.6. The molecular weight excluding hydrogens is 955 g/mol. The van der Waals surface area contributed by atoms with Crippen molar-refractivity contribution in [3.05, 3.63) is 0 Å². The summed E-state index contributed by atoms with van der Waals surface area (Å²) in [6.45, 7) is 4.51. The summed E-state index contributed by atoms with van der Waals surface area (Å²) < 4.78 is 265. The van der Waals surface area contributed by atoms with E-state index in [1.54, 1.807) is 9.84 Å². The Morgan fingerprint density at radius 1 is 0.604 bits per heavy atom. The minimum atomic E-state index is -6.06. The molecule has 0 saturated carbocycles. The van der Waals surface area contributed by atoms with Gasteiger partial charge in [-0.1, -0.05) is 46.7 Å². The molecule has 53 heavy (non-hydrogen) atoms. The molecule has 0 aromatic carbocycles. The zero-order valence-electron chi connectivity index (χ0n) is 30.2. The van der Waals surface area contributed by atoms with Gasteiger partial charge in [-0.15, -0.1) is 0 Å². The molecule has 6 atom stereocenters. The van der Waals surface area contributed by atoms with Crippen LogP contribution in [0.2, 0.25) is 0 Å². The molecule has 29 heteroatoms. The fourth-order valence-corrected chi connectivity index (χ4v) is 1.95. The van der Waals surface area contributed by atoms with Crippen LogP contribution in [0, 0.1) is 0 Å². The van der Waals surface area contributed by atoms with Crippen LogP contribution in [0.4, 0.5) is 101 Å². The third kappa shape index (κ3) is 26.0. The largest absolute Gasteiger partial charge is 0.428 e. The Bertz CT molecular complexity index is 865. The first-order valence-electron chi connectivity index (χ1n) is 13.4. The summed E-state index contributed by atoms with van der Waals surface area (Å²) in [5, 5.41) is -4.31. The fraction of sp³-hybridized carbons (Fsp3) is 1.00. The van der Waals surface area contributed by atoms with Crippen LogP contribution in [0.1, 0.15) is 88.5 Å². The van der Waals surface area contributed by atoms with Gasteiger partial charge in [-0.25, -0.2) is 43.7 Å². The molecule has 336 valence electrons. The molecule has 0 aliphatic heterocycles. The maximum atomic E-state index is 12.7. The van der Waals surface area contributed by atoms with Gasteiger partial charge in [0.15, 0.2) is 6.17 Å². The van der Waals surface area contributed by atoms with Crippen LogP contribution in [0.15, 0.2) is 0 Å². The molecule has 0 rings (SSSR count). The van der Waals surface area contributed by atoms with Gasteiger partial charge < -0.3 is 0 Å². The van der Waals surface area contributed by atoms with E-state index in [9.17, 15) is 92.0 Å². The van der Waals surface area contributed by atoms with Gasteiger partial charge in [0.1, 0.15) is 0 Å². The van der Waals surface area contributed by atoms with Gasteiger partial charge in [-0.2, -0.15) is 68.0 Å². The van der Waals surface area contributed by atoms with Crippen molar-refractivity contribution in [1.82, 2.24) is 0 Å². The molecule has 0 fully saturated rings. The average Bonchev–Trinajstić information content (AvgIpc) is 2.93. The Labute approximate surface area is 334 Å². The standard InChI is InChI=1S/C7H8F8.C6H8ClF5.C6H9F5.C4H8F2.CH4.FH2P.2FH.2H3P.2V/c1-3-5(9,10)6(11,12)4(2,8)7(13,14)15;1-3-5(10,11)6(7,12)4(2,8)9;1-3-5(8,9)6(10,11)4(2)7;1-3-4(2,5)6;;1-2;;;;;;/h3H2,1-2H3;3H2,1-2H3;4H,3H2,1-2H3;3H2,1-2H3;1H4;2H2;2*1H;2*1H3;;/i;;;;;2D;;;1D;;;. The summed E-state index contributed by atoms with van der Waals surface area (Å²) in [6, 6.07) is 0. The third-order valence-electron chi connectivity index (χ3n) is 5.53. The van der Waals surface area contributed by atoms with Gasteiger partial charge in [0.05, 0.1) is 12.1 Å². The minimum absolute atomic E-state index is 0. The zero-order valence-corrected chi connectivity index (χ0v) is 35.3. The van der Waals surface area contributed by atoms with Crippen LogP contribution in [-0.2, 0) is 37.1 Å². The Morgan fingerprint density at radius 2 is 0.830 bits per heavy atom. The molecule has 0 aliphatic carbocycles. The SMILES string of the molecule is C.CCC(C)(F)F.CCC(F)(F)C(F)(Cl)C(C)(F)F.CCC(F)(F)C(F)(F)C(C)(F)C(F)(F)F.CCC(F)(F)C(F)(F)C(C)F.F.F.P.[2H]P.[2H]PF.[V].[V]. The normalized spacial score (nSPS) is 15.2. The molecule has 0 aromatic rings. The second-order valence-corrected chi connectivity index (χ2v) is 9.90. The van der Waals surface area contributed by atoms with Crippen LogP contribution in [-0.4, -0.2) is 67.2 Å². The number of halogens is 24. The van der Waals surface area contributed by atoms with Crippen molar-refractivity contribution in [1.29, 1.82) is 2.56 Å². The van der Waals surface area contributed by atoms with Crippen LogP contribution in [0.25, 0.3) is 0 Å². The zero-order chi connectivity index (χ0) is 42.1. The Morgan fingerprint density at radius 3 is 0.925 bits per heavy atom. The number of hydrogen-bond acceptors (Lipinski definition) is 0. The quantitative estimate of drug-likeness (QED) is 0.116. The van der Waals surface area contributed by atoms with Crippen LogP contribution < -0.4 is 0 Å². The van der Waals surface area contributed by atoms with E-state index in [0.29, 0.717) is 13.8 Å². The van der Waals surface area contributed by atoms with E-state index < -0.39 is 100 Å². The summed E-state index contributed by atoms with van der Waals surface area (Å²) in [7, 11) is 0.500.